The Morgan fingerprint density at radius 2 is 2.26 bits per heavy atom. The minimum atomic E-state index is -0.428. The lowest BCUT2D eigenvalue weighted by Crippen LogP contribution is -2.32. The van der Waals surface area contributed by atoms with Crippen molar-refractivity contribution in [3.05, 3.63) is 52.6 Å². The van der Waals surface area contributed by atoms with Crippen LogP contribution in [-0.2, 0) is 4.79 Å². The van der Waals surface area contributed by atoms with Crippen LogP contribution in [0.1, 0.15) is 12.2 Å². The Labute approximate surface area is 164 Å². The van der Waals surface area contributed by atoms with E-state index in [1.54, 1.807) is 24.3 Å². The van der Waals surface area contributed by atoms with Gasteiger partial charge in [0.1, 0.15) is 17.6 Å². The molecule has 4 rings (SSSR count). The summed E-state index contributed by atoms with van der Waals surface area (Å²) < 4.78 is 12.8. The largest absolute Gasteiger partial charge is 0.488 e. The minimum Gasteiger partial charge on any atom is -0.488 e. The summed E-state index contributed by atoms with van der Waals surface area (Å²) in [4.78, 5) is 30.3. The van der Waals surface area contributed by atoms with Crippen molar-refractivity contribution in [2.24, 2.45) is 0 Å². The monoisotopic (exact) mass is 402 g/mol. The minimum absolute atomic E-state index is 0.0779. The van der Waals surface area contributed by atoms with E-state index in [0.717, 1.165) is 21.0 Å². The lowest BCUT2D eigenvalue weighted by molar-refractivity contribution is -0.127. The third kappa shape index (κ3) is 4.33. The number of para-hydroxylation sites is 1. The lowest BCUT2D eigenvalue weighted by Gasteiger charge is -2.17. The molecule has 0 bridgehead atoms. The zero-order valence-corrected chi connectivity index (χ0v) is 16.3. The van der Waals surface area contributed by atoms with E-state index in [2.05, 4.69) is 4.98 Å². The Morgan fingerprint density at radius 1 is 1.41 bits per heavy atom. The van der Waals surface area contributed by atoms with Crippen molar-refractivity contribution in [1.82, 2.24) is 9.88 Å². The van der Waals surface area contributed by atoms with Gasteiger partial charge in [-0.25, -0.2) is 9.78 Å². The number of nitrogens with zero attached hydrogens (tertiary/aromatic N) is 2. The highest BCUT2D eigenvalue weighted by Crippen LogP contribution is 2.29. The maximum Gasteiger partial charge on any atom is 0.339 e. The predicted molar refractivity (Wildman–Crippen MR) is 106 cm³/mol. The standard InChI is InChI=1S/C19H18N2O4S2/c1-12-8-14(9-18(23)24-12)25-13-6-7-21(10-13)17(22)11-26-19-20-15-4-2-3-5-16(15)27-19/h2-5,8-9,13H,6-7,10-11H2,1H3. The van der Waals surface area contributed by atoms with Gasteiger partial charge >= 0.3 is 5.63 Å². The Kier molecular flexibility index (Phi) is 5.18. The lowest BCUT2D eigenvalue weighted by atomic mass is 10.3. The number of fused-ring (bicyclic) bond motifs is 1. The van der Waals surface area contributed by atoms with Gasteiger partial charge < -0.3 is 14.1 Å². The first kappa shape index (κ1) is 18.1. The van der Waals surface area contributed by atoms with Gasteiger partial charge in [-0.05, 0) is 19.1 Å². The molecule has 0 spiro atoms. The van der Waals surface area contributed by atoms with Gasteiger partial charge in [-0.3, -0.25) is 4.79 Å². The topological polar surface area (TPSA) is 72.6 Å². The molecule has 27 heavy (non-hydrogen) atoms. The maximum atomic E-state index is 12.5. The predicted octanol–water partition coefficient (Wildman–Crippen LogP) is 3.33. The van der Waals surface area contributed by atoms with E-state index in [9.17, 15) is 9.59 Å². The fraction of sp³-hybridized carbons (Fsp3) is 0.316. The van der Waals surface area contributed by atoms with E-state index in [-0.39, 0.29) is 12.0 Å². The second-order valence-electron chi connectivity index (χ2n) is 6.33. The zero-order chi connectivity index (χ0) is 18.8. The molecule has 8 heteroatoms. The molecule has 3 heterocycles. The summed E-state index contributed by atoms with van der Waals surface area (Å²) in [5, 5.41) is 0. The third-order valence-corrected chi connectivity index (χ3v) is 6.43. The van der Waals surface area contributed by atoms with Crippen LogP contribution in [0.2, 0.25) is 0 Å². The van der Waals surface area contributed by atoms with Crippen molar-refractivity contribution >= 4 is 39.2 Å². The summed E-state index contributed by atoms with van der Waals surface area (Å²) in [6.07, 6.45) is 0.638. The van der Waals surface area contributed by atoms with Crippen molar-refractivity contribution in [2.75, 3.05) is 18.8 Å². The number of thiazole rings is 1. The zero-order valence-electron chi connectivity index (χ0n) is 14.7. The first-order valence-electron chi connectivity index (χ1n) is 8.61. The summed E-state index contributed by atoms with van der Waals surface area (Å²) in [5.74, 6) is 1.44. The molecule has 3 aromatic rings. The molecule has 1 aliphatic heterocycles. The first-order valence-corrected chi connectivity index (χ1v) is 10.4. The molecule has 0 radical (unpaired) electrons. The molecule has 6 nitrogen and oxygen atoms in total. The molecule has 0 aliphatic carbocycles. The average Bonchev–Trinajstić information content (AvgIpc) is 3.25. The van der Waals surface area contributed by atoms with Gasteiger partial charge in [0.15, 0.2) is 4.34 Å². The SMILES string of the molecule is Cc1cc(OC2CCN(C(=O)CSc3nc4ccccc4s3)C2)cc(=O)o1. The van der Waals surface area contributed by atoms with Crippen LogP contribution in [0, 0.1) is 6.92 Å². The van der Waals surface area contributed by atoms with Crippen molar-refractivity contribution in [2.45, 2.75) is 23.8 Å². The van der Waals surface area contributed by atoms with Gasteiger partial charge in [0.2, 0.25) is 5.91 Å². The van der Waals surface area contributed by atoms with Crippen LogP contribution in [0.25, 0.3) is 10.2 Å². The van der Waals surface area contributed by atoms with Gasteiger partial charge in [-0.1, -0.05) is 23.9 Å². The number of carbonyl (C=O) groups excluding carboxylic acids is 1. The molecule has 1 saturated heterocycles. The van der Waals surface area contributed by atoms with Crippen molar-refractivity contribution in [3.8, 4) is 5.75 Å². The molecule has 1 aromatic carbocycles. The third-order valence-electron chi connectivity index (χ3n) is 4.26. The number of carbonyl (C=O) groups is 1. The fourth-order valence-corrected chi connectivity index (χ4v) is 4.99. The van der Waals surface area contributed by atoms with Crippen molar-refractivity contribution < 1.29 is 13.9 Å². The van der Waals surface area contributed by atoms with E-state index in [0.29, 0.717) is 30.4 Å². The van der Waals surface area contributed by atoms with Crippen LogP contribution in [0.4, 0.5) is 0 Å². The highest BCUT2D eigenvalue weighted by molar-refractivity contribution is 8.01. The smallest absolute Gasteiger partial charge is 0.339 e. The van der Waals surface area contributed by atoms with Crippen LogP contribution in [0.3, 0.4) is 0 Å². The number of ether oxygens (including phenoxy) is 1. The Bertz CT molecular complexity index is 997. The first-order chi connectivity index (χ1) is 13.1. The second kappa shape index (κ2) is 7.74. The van der Waals surface area contributed by atoms with E-state index in [1.165, 1.54) is 17.8 Å². The number of aryl methyl sites for hydroxylation is 1. The van der Waals surface area contributed by atoms with Gasteiger partial charge in [0.25, 0.3) is 0 Å². The molecular weight excluding hydrogens is 384 g/mol. The van der Waals surface area contributed by atoms with Crippen LogP contribution in [0.15, 0.2) is 49.9 Å². The highest BCUT2D eigenvalue weighted by atomic mass is 32.2. The second-order valence-corrected chi connectivity index (χ2v) is 8.58. The molecule has 1 amide bonds. The molecule has 1 fully saturated rings. The van der Waals surface area contributed by atoms with Gasteiger partial charge in [0, 0.05) is 19.0 Å². The Hall–Kier alpha value is -2.32. The number of hydrogen-bond donors (Lipinski definition) is 0. The summed E-state index contributed by atoms with van der Waals surface area (Å²) in [6, 6.07) is 11.0. The molecule has 2 aromatic heterocycles. The number of hydrogen-bond acceptors (Lipinski definition) is 7. The van der Waals surface area contributed by atoms with Gasteiger partial charge in [-0.15, -0.1) is 11.3 Å². The number of aromatic nitrogens is 1. The maximum absolute atomic E-state index is 12.5. The normalized spacial score (nSPS) is 16.8. The molecule has 1 aliphatic rings. The average molecular weight is 402 g/mol. The summed E-state index contributed by atoms with van der Waals surface area (Å²) in [7, 11) is 0. The Balaban J connectivity index is 1.31. The number of benzene rings is 1. The number of thioether (sulfide) groups is 1. The molecular formula is C19H18N2O4S2. The van der Waals surface area contributed by atoms with Gasteiger partial charge in [0.05, 0.1) is 28.6 Å². The summed E-state index contributed by atoms with van der Waals surface area (Å²) in [5.41, 5.74) is 0.540. The molecule has 1 unspecified atom stereocenters. The van der Waals surface area contributed by atoms with Crippen LogP contribution in [0.5, 0.6) is 5.75 Å². The van der Waals surface area contributed by atoms with E-state index in [4.69, 9.17) is 9.15 Å². The molecule has 0 N–H and O–H groups in total. The van der Waals surface area contributed by atoms with E-state index in [1.807, 2.05) is 29.2 Å². The van der Waals surface area contributed by atoms with E-state index >= 15 is 0 Å². The highest BCUT2D eigenvalue weighted by Gasteiger charge is 2.28. The number of rotatable bonds is 5. The molecule has 0 saturated carbocycles. The molecule has 140 valence electrons. The molecule has 1 atom stereocenters. The van der Waals surface area contributed by atoms with Gasteiger partial charge in [-0.2, -0.15) is 0 Å². The van der Waals surface area contributed by atoms with Crippen molar-refractivity contribution in [1.29, 1.82) is 0 Å². The van der Waals surface area contributed by atoms with E-state index < -0.39 is 5.63 Å². The summed E-state index contributed by atoms with van der Waals surface area (Å²) >= 11 is 3.08. The van der Waals surface area contributed by atoms with Crippen LogP contribution < -0.4 is 10.4 Å². The van der Waals surface area contributed by atoms with Crippen molar-refractivity contribution in [3.63, 3.8) is 0 Å². The number of likely N-dealkylation sites (tertiary alicyclic amines) is 1. The Morgan fingerprint density at radius 3 is 3.07 bits per heavy atom. The van der Waals surface area contributed by atoms with Crippen LogP contribution in [-0.4, -0.2) is 40.7 Å². The summed E-state index contributed by atoms with van der Waals surface area (Å²) in [6.45, 7) is 2.89. The quantitative estimate of drug-likeness (QED) is 0.610. The fourth-order valence-electron chi connectivity index (χ4n) is 3.01. The number of amides is 1. The van der Waals surface area contributed by atoms with Crippen LogP contribution >= 0.6 is 23.1 Å².